The Morgan fingerprint density at radius 3 is 2.58 bits per heavy atom. The highest BCUT2D eigenvalue weighted by Gasteiger charge is 2.26. The van der Waals surface area contributed by atoms with Crippen LogP contribution < -0.4 is 0 Å². The van der Waals surface area contributed by atoms with Crippen LogP contribution in [-0.2, 0) is 13.7 Å². The minimum Gasteiger partial charge on any atom is -0.303 e. The summed E-state index contributed by atoms with van der Waals surface area (Å²) in [4.78, 5) is 2.46. The lowest BCUT2D eigenvalue weighted by atomic mass is 10.1. The number of aromatic nitrogens is 3. The smallest absolute Gasteiger partial charge is 0.199 e. The van der Waals surface area contributed by atoms with Gasteiger partial charge in [-0.1, -0.05) is 41.9 Å². The van der Waals surface area contributed by atoms with Crippen LogP contribution in [0.5, 0.6) is 0 Å². The highest BCUT2D eigenvalue weighted by atomic mass is 35.5. The number of hydrogen-bond acceptors (Lipinski definition) is 3. The predicted molar refractivity (Wildman–Crippen MR) is 108 cm³/mol. The standard InChI is InChI=1S/C20H21ClN4S/c1-23-19(16-9-11-17(21)12-10-16)22-25(20(23)26)14-24-13-5-8-18(24)15-6-3-2-4-7-15/h2-4,6-7,9-12,18H,5,8,13-14H2,1H3. The van der Waals surface area contributed by atoms with Gasteiger partial charge in [0.2, 0.25) is 0 Å². The summed E-state index contributed by atoms with van der Waals surface area (Å²) in [6, 6.07) is 18.8. The van der Waals surface area contributed by atoms with Crippen molar-refractivity contribution in [2.75, 3.05) is 6.54 Å². The molecule has 1 saturated heterocycles. The van der Waals surface area contributed by atoms with Crippen molar-refractivity contribution in [3.05, 3.63) is 70.0 Å². The van der Waals surface area contributed by atoms with Gasteiger partial charge in [-0.25, -0.2) is 4.68 Å². The van der Waals surface area contributed by atoms with Gasteiger partial charge in [0.25, 0.3) is 0 Å². The molecule has 0 spiro atoms. The molecular weight excluding hydrogens is 364 g/mol. The number of rotatable bonds is 4. The monoisotopic (exact) mass is 384 g/mol. The Morgan fingerprint density at radius 2 is 1.85 bits per heavy atom. The molecule has 0 N–H and O–H groups in total. The Bertz CT molecular complexity index is 946. The van der Waals surface area contributed by atoms with Crippen molar-refractivity contribution in [2.24, 2.45) is 7.05 Å². The van der Waals surface area contributed by atoms with Crippen LogP contribution >= 0.6 is 23.8 Å². The molecule has 1 aliphatic heterocycles. The first-order valence-electron chi connectivity index (χ1n) is 8.82. The van der Waals surface area contributed by atoms with E-state index in [2.05, 4.69) is 35.2 Å². The number of benzene rings is 2. The van der Waals surface area contributed by atoms with Crippen LogP contribution in [0, 0.1) is 4.77 Å². The number of hydrogen-bond donors (Lipinski definition) is 0. The highest BCUT2D eigenvalue weighted by molar-refractivity contribution is 7.71. The Kier molecular flexibility index (Phi) is 4.94. The molecule has 3 aromatic rings. The van der Waals surface area contributed by atoms with E-state index in [-0.39, 0.29) is 0 Å². The van der Waals surface area contributed by atoms with Crippen LogP contribution in [0.3, 0.4) is 0 Å². The molecule has 4 nitrogen and oxygen atoms in total. The summed E-state index contributed by atoms with van der Waals surface area (Å²) in [7, 11) is 1.97. The van der Waals surface area contributed by atoms with Crippen molar-refractivity contribution in [1.29, 1.82) is 0 Å². The molecule has 0 radical (unpaired) electrons. The first-order chi connectivity index (χ1) is 12.6. The van der Waals surface area contributed by atoms with Gasteiger partial charge in [0.1, 0.15) is 0 Å². The molecule has 0 amide bonds. The molecule has 134 valence electrons. The number of halogens is 1. The third-order valence-electron chi connectivity index (χ3n) is 5.01. The second-order valence-electron chi connectivity index (χ2n) is 6.69. The molecule has 4 rings (SSSR count). The maximum Gasteiger partial charge on any atom is 0.199 e. The maximum atomic E-state index is 6.00. The predicted octanol–water partition coefficient (Wildman–Crippen LogP) is 5.07. The normalized spacial score (nSPS) is 17.7. The summed E-state index contributed by atoms with van der Waals surface area (Å²) >= 11 is 11.6. The van der Waals surface area contributed by atoms with E-state index in [9.17, 15) is 0 Å². The van der Waals surface area contributed by atoms with Gasteiger partial charge in [0.15, 0.2) is 10.6 Å². The van der Waals surface area contributed by atoms with Crippen LogP contribution in [0.4, 0.5) is 0 Å². The lowest BCUT2D eigenvalue weighted by molar-refractivity contribution is 0.190. The minimum absolute atomic E-state index is 0.430. The molecule has 1 unspecified atom stereocenters. The summed E-state index contributed by atoms with van der Waals surface area (Å²) in [5, 5.41) is 5.51. The molecule has 0 saturated carbocycles. The van der Waals surface area contributed by atoms with Crippen LogP contribution in [0.2, 0.25) is 5.02 Å². The molecule has 0 bridgehead atoms. The fourth-order valence-electron chi connectivity index (χ4n) is 3.65. The number of nitrogens with zero attached hydrogens (tertiary/aromatic N) is 4. The second kappa shape index (κ2) is 7.35. The summed E-state index contributed by atoms with van der Waals surface area (Å²) in [5.41, 5.74) is 2.38. The molecule has 6 heteroatoms. The molecule has 0 aliphatic carbocycles. The highest BCUT2D eigenvalue weighted by Crippen LogP contribution is 2.32. The lowest BCUT2D eigenvalue weighted by Crippen LogP contribution is -2.27. The van der Waals surface area contributed by atoms with Crippen molar-refractivity contribution >= 4 is 23.8 Å². The minimum atomic E-state index is 0.430. The summed E-state index contributed by atoms with van der Waals surface area (Å²) in [6.45, 7) is 1.77. The van der Waals surface area contributed by atoms with Gasteiger partial charge < -0.3 is 4.57 Å². The molecule has 1 aliphatic rings. The van der Waals surface area contributed by atoms with Gasteiger partial charge in [-0.2, -0.15) is 5.10 Å². The topological polar surface area (TPSA) is 26.0 Å². The maximum absolute atomic E-state index is 6.00. The zero-order chi connectivity index (χ0) is 18.1. The van der Waals surface area contributed by atoms with Crippen LogP contribution in [-0.4, -0.2) is 25.8 Å². The summed E-state index contributed by atoms with van der Waals surface area (Å²) in [6.07, 6.45) is 2.37. The zero-order valence-electron chi connectivity index (χ0n) is 14.7. The van der Waals surface area contributed by atoms with Crippen LogP contribution in [0.15, 0.2) is 54.6 Å². The van der Waals surface area contributed by atoms with Crippen molar-refractivity contribution < 1.29 is 0 Å². The zero-order valence-corrected chi connectivity index (χ0v) is 16.2. The second-order valence-corrected chi connectivity index (χ2v) is 7.50. The third kappa shape index (κ3) is 3.34. The average Bonchev–Trinajstić information content (AvgIpc) is 3.24. The van der Waals surface area contributed by atoms with E-state index in [1.165, 1.54) is 18.4 Å². The van der Waals surface area contributed by atoms with Crippen molar-refractivity contribution in [3.8, 4) is 11.4 Å². The van der Waals surface area contributed by atoms with Gasteiger partial charge >= 0.3 is 0 Å². The van der Waals surface area contributed by atoms with Crippen molar-refractivity contribution in [2.45, 2.75) is 25.6 Å². The Morgan fingerprint density at radius 1 is 1.12 bits per heavy atom. The fourth-order valence-corrected chi connectivity index (χ4v) is 3.96. The van der Waals surface area contributed by atoms with E-state index >= 15 is 0 Å². The van der Waals surface area contributed by atoms with Gasteiger partial charge in [-0.3, -0.25) is 4.90 Å². The van der Waals surface area contributed by atoms with E-state index in [0.717, 1.165) is 27.7 Å². The summed E-state index contributed by atoms with van der Waals surface area (Å²) in [5.74, 6) is 0.863. The number of likely N-dealkylation sites (tertiary alicyclic amines) is 1. The SMILES string of the molecule is Cn1c(-c2ccc(Cl)cc2)nn(CN2CCCC2c2ccccc2)c1=S. The molecule has 2 heterocycles. The molecular formula is C20H21ClN4S. The van der Waals surface area contributed by atoms with Crippen LogP contribution in [0.1, 0.15) is 24.4 Å². The largest absolute Gasteiger partial charge is 0.303 e. The lowest BCUT2D eigenvalue weighted by Gasteiger charge is -2.24. The van der Waals surface area contributed by atoms with E-state index in [1.54, 1.807) is 0 Å². The van der Waals surface area contributed by atoms with Gasteiger partial charge in [0.05, 0.1) is 6.67 Å². The molecule has 1 atom stereocenters. The van der Waals surface area contributed by atoms with Crippen LogP contribution in [0.25, 0.3) is 11.4 Å². The van der Waals surface area contributed by atoms with Crippen molar-refractivity contribution in [1.82, 2.24) is 19.2 Å². The van der Waals surface area contributed by atoms with E-state index in [4.69, 9.17) is 28.9 Å². The Balaban J connectivity index is 1.61. The van der Waals surface area contributed by atoms with E-state index in [1.807, 2.05) is 40.6 Å². The van der Waals surface area contributed by atoms with E-state index < -0.39 is 0 Å². The van der Waals surface area contributed by atoms with Gasteiger partial charge in [-0.15, -0.1) is 0 Å². The van der Waals surface area contributed by atoms with E-state index in [0.29, 0.717) is 12.7 Å². The molecule has 1 fully saturated rings. The molecule has 1 aromatic heterocycles. The van der Waals surface area contributed by atoms with Gasteiger partial charge in [0, 0.05) is 30.2 Å². The summed E-state index contributed by atoms with van der Waals surface area (Å²) < 4.78 is 4.63. The fraction of sp³-hybridized carbons (Fsp3) is 0.300. The molecule has 26 heavy (non-hydrogen) atoms. The van der Waals surface area contributed by atoms with Crippen molar-refractivity contribution in [3.63, 3.8) is 0 Å². The quantitative estimate of drug-likeness (QED) is 0.587. The Labute approximate surface area is 163 Å². The first kappa shape index (κ1) is 17.5. The average molecular weight is 385 g/mol. The van der Waals surface area contributed by atoms with Gasteiger partial charge in [-0.05, 0) is 54.9 Å². The first-order valence-corrected chi connectivity index (χ1v) is 9.61. The Hall–Kier alpha value is -1.95. The third-order valence-corrected chi connectivity index (χ3v) is 5.74. The molecule has 2 aromatic carbocycles.